The smallest absolute Gasteiger partial charge is 0.319 e. The standard InChI is InChI=1S/C20H19Cl2N3O2/c1-10-6-4-9-15(11(10)2)24-19(26)16-12(3)23-20(27)25-18(16)17-13(21)7-5-8-14(17)22/h4-9,18H,1-3H3,(H,24,26)(H2,23,25,27)/t18-/m1/s1. The maximum Gasteiger partial charge on any atom is 0.319 e. The summed E-state index contributed by atoms with van der Waals surface area (Å²) >= 11 is 12.6. The van der Waals surface area contributed by atoms with Gasteiger partial charge in [-0.3, -0.25) is 4.79 Å². The highest BCUT2D eigenvalue weighted by atomic mass is 35.5. The van der Waals surface area contributed by atoms with Gasteiger partial charge >= 0.3 is 6.03 Å². The molecule has 1 aliphatic rings. The molecular formula is C20H19Cl2N3O2. The Morgan fingerprint density at radius 3 is 2.33 bits per heavy atom. The lowest BCUT2D eigenvalue weighted by molar-refractivity contribution is -0.113. The largest absolute Gasteiger partial charge is 0.327 e. The minimum absolute atomic E-state index is 0.338. The third-order valence-electron chi connectivity index (χ3n) is 4.65. The van der Waals surface area contributed by atoms with Gasteiger partial charge in [-0.15, -0.1) is 0 Å². The average Bonchev–Trinajstić information content (AvgIpc) is 2.58. The fraction of sp³-hybridized carbons (Fsp3) is 0.200. The molecule has 7 heteroatoms. The number of carbonyl (C=O) groups is 2. The van der Waals surface area contributed by atoms with Crippen molar-refractivity contribution in [2.45, 2.75) is 26.8 Å². The third-order valence-corrected chi connectivity index (χ3v) is 5.31. The Morgan fingerprint density at radius 1 is 1.04 bits per heavy atom. The van der Waals surface area contributed by atoms with Gasteiger partial charge in [0.2, 0.25) is 0 Å². The Bertz CT molecular complexity index is 949. The van der Waals surface area contributed by atoms with Gasteiger partial charge in [0.15, 0.2) is 0 Å². The number of halogens is 2. The Hall–Kier alpha value is -2.50. The molecule has 5 nitrogen and oxygen atoms in total. The van der Waals surface area contributed by atoms with Crippen LogP contribution in [0.5, 0.6) is 0 Å². The summed E-state index contributed by atoms with van der Waals surface area (Å²) in [7, 11) is 0. The van der Waals surface area contributed by atoms with Crippen LogP contribution in [0.1, 0.15) is 29.7 Å². The molecule has 1 atom stereocenters. The van der Waals surface area contributed by atoms with E-state index in [1.807, 2.05) is 32.0 Å². The monoisotopic (exact) mass is 403 g/mol. The average molecular weight is 404 g/mol. The van der Waals surface area contributed by atoms with Crippen LogP contribution in [0.15, 0.2) is 47.7 Å². The van der Waals surface area contributed by atoms with Gasteiger partial charge in [0.25, 0.3) is 5.91 Å². The second-order valence-corrected chi connectivity index (χ2v) is 7.22. The van der Waals surface area contributed by atoms with Crippen LogP contribution in [0.2, 0.25) is 10.0 Å². The number of anilines is 1. The maximum absolute atomic E-state index is 13.1. The molecule has 0 unspecified atom stereocenters. The molecule has 3 amide bonds. The molecule has 27 heavy (non-hydrogen) atoms. The van der Waals surface area contributed by atoms with Gasteiger partial charge in [-0.05, 0) is 50.1 Å². The first-order chi connectivity index (χ1) is 12.8. The SMILES string of the molecule is CC1=C(C(=O)Nc2cccc(C)c2C)[C@H](c2c(Cl)cccc2Cl)NC(=O)N1. The highest BCUT2D eigenvalue weighted by Gasteiger charge is 2.33. The minimum Gasteiger partial charge on any atom is -0.327 e. The van der Waals surface area contributed by atoms with Crippen LogP contribution < -0.4 is 16.0 Å². The molecule has 0 bridgehead atoms. The van der Waals surface area contributed by atoms with Gasteiger partial charge in [0.05, 0.1) is 11.6 Å². The van der Waals surface area contributed by atoms with Gasteiger partial charge < -0.3 is 16.0 Å². The predicted octanol–water partition coefficient (Wildman–Crippen LogP) is 4.88. The number of hydrogen-bond acceptors (Lipinski definition) is 2. The number of allylic oxidation sites excluding steroid dienone is 1. The zero-order chi connectivity index (χ0) is 19.7. The van der Waals surface area contributed by atoms with Crippen LogP contribution in [0.4, 0.5) is 10.5 Å². The van der Waals surface area contributed by atoms with Crippen molar-refractivity contribution in [3.8, 4) is 0 Å². The van der Waals surface area contributed by atoms with Crippen molar-refractivity contribution in [2.75, 3.05) is 5.32 Å². The van der Waals surface area contributed by atoms with Crippen LogP contribution in [-0.4, -0.2) is 11.9 Å². The predicted molar refractivity (Wildman–Crippen MR) is 108 cm³/mol. The van der Waals surface area contributed by atoms with Gasteiger partial charge in [-0.2, -0.15) is 0 Å². The number of urea groups is 1. The summed E-state index contributed by atoms with van der Waals surface area (Å²) in [5.41, 5.74) is 4.04. The van der Waals surface area contributed by atoms with Crippen LogP contribution in [0, 0.1) is 13.8 Å². The first-order valence-electron chi connectivity index (χ1n) is 8.39. The van der Waals surface area contributed by atoms with Crippen molar-refractivity contribution in [3.05, 3.63) is 74.4 Å². The Balaban J connectivity index is 2.04. The van der Waals surface area contributed by atoms with E-state index < -0.39 is 12.1 Å². The van der Waals surface area contributed by atoms with Crippen molar-refractivity contribution >= 4 is 40.8 Å². The number of aryl methyl sites for hydroxylation is 1. The molecule has 3 rings (SSSR count). The summed E-state index contributed by atoms with van der Waals surface area (Å²) in [5, 5.41) is 9.07. The summed E-state index contributed by atoms with van der Waals surface area (Å²) in [5.74, 6) is -0.338. The highest BCUT2D eigenvalue weighted by molar-refractivity contribution is 6.36. The van der Waals surface area contributed by atoms with E-state index in [9.17, 15) is 9.59 Å². The van der Waals surface area contributed by atoms with Crippen molar-refractivity contribution in [2.24, 2.45) is 0 Å². The maximum atomic E-state index is 13.1. The summed E-state index contributed by atoms with van der Waals surface area (Å²) in [4.78, 5) is 25.1. The van der Waals surface area contributed by atoms with Gasteiger partial charge in [0, 0.05) is 27.0 Å². The Labute approximate surface area is 167 Å². The van der Waals surface area contributed by atoms with Crippen LogP contribution in [0.25, 0.3) is 0 Å². The fourth-order valence-corrected chi connectivity index (χ4v) is 3.69. The van der Waals surface area contributed by atoms with Gasteiger partial charge in [-0.1, -0.05) is 41.4 Å². The number of benzene rings is 2. The van der Waals surface area contributed by atoms with E-state index in [1.165, 1.54) is 0 Å². The number of hydrogen-bond donors (Lipinski definition) is 3. The second kappa shape index (κ2) is 7.62. The molecule has 0 saturated heterocycles. The normalized spacial score (nSPS) is 16.6. The van der Waals surface area contributed by atoms with E-state index in [-0.39, 0.29) is 5.91 Å². The molecule has 140 valence electrons. The highest BCUT2D eigenvalue weighted by Crippen LogP contribution is 2.36. The fourth-order valence-electron chi connectivity index (χ4n) is 3.07. The van der Waals surface area contributed by atoms with Crippen molar-refractivity contribution in [1.82, 2.24) is 10.6 Å². The topological polar surface area (TPSA) is 70.2 Å². The third kappa shape index (κ3) is 3.80. The first kappa shape index (κ1) is 19.3. The molecule has 0 saturated carbocycles. The molecule has 0 radical (unpaired) electrons. The van der Waals surface area contributed by atoms with E-state index in [0.717, 1.165) is 11.1 Å². The van der Waals surface area contributed by atoms with E-state index in [0.29, 0.717) is 32.6 Å². The van der Waals surface area contributed by atoms with Crippen molar-refractivity contribution in [1.29, 1.82) is 0 Å². The molecule has 0 spiro atoms. The number of carbonyl (C=O) groups excluding carboxylic acids is 2. The van der Waals surface area contributed by atoms with E-state index >= 15 is 0 Å². The molecule has 1 heterocycles. The summed E-state index contributed by atoms with van der Waals surface area (Å²) in [6, 6.07) is 9.57. The van der Waals surface area contributed by atoms with Gasteiger partial charge in [-0.25, -0.2) is 4.79 Å². The molecule has 2 aromatic carbocycles. The first-order valence-corrected chi connectivity index (χ1v) is 9.15. The molecule has 3 N–H and O–H groups in total. The quantitative estimate of drug-likeness (QED) is 0.683. The van der Waals surface area contributed by atoms with E-state index in [2.05, 4.69) is 16.0 Å². The molecule has 1 aliphatic heterocycles. The minimum atomic E-state index is -0.759. The zero-order valence-corrected chi connectivity index (χ0v) is 16.6. The molecular weight excluding hydrogens is 385 g/mol. The number of amides is 3. The molecule has 2 aromatic rings. The lowest BCUT2D eigenvalue weighted by Crippen LogP contribution is -2.46. The summed E-state index contributed by atoms with van der Waals surface area (Å²) in [6.07, 6.45) is 0. The van der Waals surface area contributed by atoms with Crippen LogP contribution in [0.3, 0.4) is 0 Å². The summed E-state index contributed by atoms with van der Waals surface area (Å²) < 4.78 is 0. The lowest BCUT2D eigenvalue weighted by Gasteiger charge is -2.30. The van der Waals surface area contributed by atoms with Crippen LogP contribution >= 0.6 is 23.2 Å². The van der Waals surface area contributed by atoms with Gasteiger partial charge in [0.1, 0.15) is 0 Å². The van der Waals surface area contributed by atoms with Crippen LogP contribution in [-0.2, 0) is 4.79 Å². The molecule has 0 aromatic heterocycles. The number of nitrogens with one attached hydrogen (secondary N) is 3. The Morgan fingerprint density at radius 2 is 1.67 bits per heavy atom. The van der Waals surface area contributed by atoms with Crippen molar-refractivity contribution < 1.29 is 9.59 Å². The second-order valence-electron chi connectivity index (χ2n) is 6.41. The molecule has 0 aliphatic carbocycles. The Kier molecular flexibility index (Phi) is 5.44. The van der Waals surface area contributed by atoms with Crippen molar-refractivity contribution in [3.63, 3.8) is 0 Å². The van der Waals surface area contributed by atoms with E-state index in [1.54, 1.807) is 25.1 Å². The number of rotatable bonds is 3. The summed E-state index contributed by atoms with van der Waals surface area (Å²) in [6.45, 7) is 5.59. The molecule has 0 fully saturated rings. The lowest BCUT2D eigenvalue weighted by atomic mass is 9.94. The van der Waals surface area contributed by atoms with E-state index in [4.69, 9.17) is 23.2 Å². The zero-order valence-electron chi connectivity index (χ0n) is 15.1.